The van der Waals surface area contributed by atoms with Gasteiger partial charge < -0.3 is 9.80 Å². The number of pyridine rings is 1. The molecular formula is C18H22FN5O2. The minimum Gasteiger partial charge on any atom is -0.342 e. The van der Waals surface area contributed by atoms with Gasteiger partial charge in [0.2, 0.25) is 11.9 Å². The zero-order chi connectivity index (χ0) is 18.3. The summed E-state index contributed by atoms with van der Waals surface area (Å²) >= 11 is 0. The number of anilines is 1. The minimum absolute atomic E-state index is 0.0616. The Morgan fingerprint density at radius 1 is 1.27 bits per heavy atom. The molecule has 7 nitrogen and oxygen atoms in total. The SMILES string of the molecule is Cn1c(N2CCC(N3CC(CF)CC3=O)CC2)nc2ncccc2c1=O. The number of rotatable bonds is 3. The van der Waals surface area contributed by atoms with Gasteiger partial charge in [-0.1, -0.05) is 0 Å². The normalized spacial score (nSPS) is 21.8. The fourth-order valence-electron chi connectivity index (χ4n) is 4.02. The van der Waals surface area contributed by atoms with Gasteiger partial charge in [0.25, 0.3) is 5.56 Å². The van der Waals surface area contributed by atoms with Gasteiger partial charge in [-0.2, -0.15) is 4.98 Å². The van der Waals surface area contributed by atoms with E-state index in [0.717, 1.165) is 12.8 Å². The number of halogens is 1. The molecule has 1 atom stereocenters. The molecule has 0 radical (unpaired) electrons. The highest BCUT2D eigenvalue weighted by atomic mass is 19.1. The molecule has 2 aromatic heterocycles. The molecule has 2 fully saturated rings. The van der Waals surface area contributed by atoms with Crippen molar-refractivity contribution in [3.8, 4) is 0 Å². The van der Waals surface area contributed by atoms with Crippen molar-refractivity contribution in [3.05, 3.63) is 28.7 Å². The Morgan fingerprint density at radius 2 is 2.04 bits per heavy atom. The van der Waals surface area contributed by atoms with Gasteiger partial charge in [-0.05, 0) is 25.0 Å². The van der Waals surface area contributed by atoms with Gasteiger partial charge in [0.15, 0.2) is 5.65 Å². The van der Waals surface area contributed by atoms with Gasteiger partial charge in [-0.3, -0.25) is 18.5 Å². The van der Waals surface area contributed by atoms with Gasteiger partial charge in [0, 0.05) is 51.3 Å². The third-order valence-electron chi connectivity index (χ3n) is 5.47. The molecule has 0 saturated carbocycles. The molecule has 2 aromatic rings. The zero-order valence-corrected chi connectivity index (χ0v) is 14.8. The Kier molecular flexibility index (Phi) is 4.34. The molecule has 2 aliphatic heterocycles. The molecule has 1 amide bonds. The maximum absolute atomic E-state index is 12.9. The fourth-order valence-corrected chi connectivity index (χ4v) is 4.02. The van der Waals surface area contributed by atoms with Gasteiger partial charge in [-0.25, -0.2) is 4.98 Å². The molecular weight excluding hydrogens is 337 g/mol. The topological polar surface area (TPSA) is 71.3 Å². The van der Waals surface area contributed by atoms with E-state index in [9.17, 15) is 14.0 Å². The Hall–Kier alpha value is -2.51. The maximum atomic E-state index is 12.9. The lowest BCUT2D eigenvalue weighted by atomic mass is 10.0. The van der Waals surface area contributed by atoms with Crippen molar-refractivity contribution in [1.29, 1.82) is 0 Å². The molecule has 0 N–H and O–H groups in total. The summed E-state index contributed by atoms with van der Waals surface area (Å²) in [5, 5.41) is 0.508. The fraction of sp³-hybridized carbons (Fsp3) is 0.556. The molecule has 0 bridgehead atoms. The highest BCUT2D eigenvalue weighted by Crippen LogP contribution is 2.27. The van der Waals surface area contributed by atoms with E-state index in [1.54, 1.807) is 29.9 Å². The molecule has 8 heteroatoms. The number of aromatic nitrogens is 3. The molecule has 2 saturated heterocycles. The van der Waals surface area contributed by atoms with Crippen LogP contribution in [0.2, 0.25) is 0 Å². The highest BCUT2D eigenvalue weighted by Gasteiger charge is 2.36. The first kappa shape index (κ1) is 16.9. The summed E-state index contributed by atoms with van der Waals surface area (Å²) in [6.07, 6.45) is 3.54. The molecule has 0 aliphatic carbocycles. The number of carbonyl (C=O) groups is 1. The standard InChI is InChI=1S/C18H22FN5O2/c1-22-17(26)14-3-2-6-20-16(14)21-18(22)23-7-4-13(5-8-23)24-11-12(10-19)9-15(24)25/h2-3,6,12-13H,4-5,7-11H2,1H3. The van der Waals surface area contributed by atoms with Gasteiger partial charge in [0.1, 0.15) is 0 Å². The van der Waals surface area contributed by atoms with Crippen LogP contribution in [0.15, 0.2) is 23.1 Å². The van der Waals surface area contributed by atoms with Crippen LogP contribution in [0.1, 0.15) is 19.3 Å². The second kappa shape index (κ2) is 6.66. The summed E-state index contributed by atoms with van der Waals surface area (Å²) in [7, 11) is 1.72. The van der Waals surface area contributed by atoms with Crippen LogP contribution in [0.25, 0.3) is 11.0 Å². The van der Waals surface area contributed by atoms with Crippen LogP contribution in [-0.2, 0) is 11.8 Å². The lowest BCUT2D eigenvalue weighted by Gasteiger charge is -2.37. The van der Waals surface area contributed by atoms with Crippen molar-refractivity contribution in [2.24, 2.45) is 13.0 Å². The van der Waals surface area contributed by atoms with Crippen LogP contribution in [0.4, 0.5) is 10.3 Å². The molecule has 4 rings (SSSR count). The number of alkyl halides is 1. The van der Waals surface area contributed by atoms with Gasteiger partial charge in [-0.15, -0.1) is 0 Å². The molecule has 1 unspecified atom stereocenters. The van der Waals surface area contributed by atoms with E-state index in [-0.39, 0.29) is 23.4 Å². The largest absolute Gasteiger partial charge is 0.342 e. The number of piperidine rings is 1. The van der Waals surface area contributed by atoms with Crippen molar-refractivity contribution in [2.45, 2.75) is 25.3 Å². The number of hydrogen-bond donors (Lipinski definition) is 0. The number of amides is 1. The monoisotopic (exact) mass is 359 g/mol. The number of carbonyl (C=O) groups excluding carboxylic acids is 1. The molecule has 0 spiro atoms. The Balaban J connectivity index is 1.52. The first-order valence-electron chi connectivity index (χ1n) is 9.00. The van der Waals surface area contributed by atoms with Crippen molar-refractivity contribution in [2.75, 3.05) is 31.2 Å². The van der Waals surface area contributed by atoms with Gasteiger partial charge in [0.05, 0.1) is 12.1 Å². The average molecular weight is 359 g/mol. The van der Waals surface area contributed by atoms with E-state index in [4.69, 9.17) is 0 Å². The number of likely N-dealkylation sites (tertiary alicyclic amines) is 1. The molecule has 2 aliphatic rings. The van der Waals surface area contributed by atoms with Crippen molar-refractivity contribution >= 4 is 22.9 Å². The molecule has 0 aromatic carbocycles. The van der Waals surface area contributed by atoms with E-state index in [1.807, 2.05) is 4.90 Å². The number of nitrogens with zero attached hydrogens (tertiary/aromatic N) is 5. The van der Waals surface area contributed by atoms with E-state index >= 15 is 0 Å². The first-order chi connectivity index (χ1) is 12.6. The average Bonchev–Trinajstić information content (AvgIpc) is 3.06. The summed E-state index contributed by atoms with van der Waals surface area (Å²) in [4.78, 5) is 37.4. The van der Waals surface area contributed by atoms with Crippen LogP contribution >= 0.6 is 0 Å². The third-order valence-corrected chi connectivity index (χ3v) is 5.47. The predicted molar refractivity (Wildman–Crippen MR) is 95.8 cm³/mol. The first-order valence-corrected chi connectivity index (χ1v) is 9.00. The quantitative estimate of drug-likeness (QED) is 0.821. The molecule has 4 heterocycles. The summed E-state index contributed by atoms with van der Waals surface area (Å²) in [6, 6.07) is 3.60. The minimum atomic E-state index is -0.433. The summed E-state index contributed by atoms with van der Waals surface area (Å²) in [5.74, 6) is 0.509. The van der Waals surface area contributed by atoms with Crippen LogP contribution in [-0.4, -0.2) is 57.7 Å². The zero-order valence-electron chi connectivity index (χ0n) is 14.8. The van der Waals surface area contributed by atoms with Crippen molar-refractivity contribution in [3.63, 3.8) is 0 Å². The second-order valence-electron chi connectivity index (χ2n) is 7.14. The summed E-state index contributed by atoms with van der Waals surface area (Å²) in [5.41, 5.74) is 0.342. The lowest BCUT2D eigenvalue weighted by Crippen LogP contribution is -2.47. The molecule has 26 heavy (non-hydrogen) atoms. The van der Waals surface area contributed by atoms with Crippen molar-refractivity contribution in [1.82, 2.24) is 19.4 Å². The Labute approximate surface area is 150 Å². The highest BCUT2D eigenvalue weighted by molar-refractivity contribution is 5.79. The van der Waals surface area contributed by atoms with Crippen LogP contribution in [0.5, 0.6) is 0 Å². The Morgan fingerprint density at radius 3 is 2.73 bits per heavy atom. The van der Waals surface area contributed by atoms with Crippen LogP contribution in [0.3, 0.4) is 0 Å². The van der Waals surface area contributed by atoms with E-state index < -0.39 is 6.67 Å². The van der Waals surface area contributed by atoms with Crippen LogP contribution in [0, 0.1) is 5.92 Å². The molecule has 138 valence electrons. The van der Waals surface area contributed by atoms with E-state index in [0.29, 0.717) is 43.0 Å². The second-order valence-corrected chi connectivity index (χ2v) is 7.14. The summed E-state index contributed by atoms with van der Waals surface area (Å²) in [6.45, 7) is 1.49. The number of fused-ring (bicyclic) bond motifs is 1. The lowest BCUT2D eigenvalue weighted by molar-refractivity contribution is -0.130. The number of hydrogen-bond acceptors (Lipinski definition) is 5. The van der Waals surface area contributed by atoms with Crippen molar-refractivity contribution < 1.29 is 9.18 Å². The predicted octanol–water partition coefficient (Wildman–Crippen LogP) is 1.12. The summed E-state index contributed by atoms with van der Waals surface area (Å²) < 4.78 is 14.4. The van der Waals surface area contributed by atoms with Crippen LogP contribution < -0.4 is 10.5 Å². The van der Waals surface area contributed by atoms with Gasteiger partial charge >= 0.3 is 0 Å². The smallest absolute Gasteiger partial charge is 0.264 e. The Bertz CT molecular complexity index is 891. The van der Waals surface area contributed by atoms with E-state index in [1.165, 1.54) is 0 Å². The maximum Gasteiger partial charge on any atom is 0.264 e. The third kappa shape index (κ3) is 2.83. The van der Waals surface area contributed by atoms with E-state index in [2.05, 4.69) is 14.9 Å².